The van der Waals surface area contributed by atoms with Crippen molar-refractivity contribution in [3.8, 4) is 12.0 Å². The zero-order chi connectivity index (χ0) is 12.1. The molecule has 0 unspecified atom stereocenters. The molecule has 0 aromatic carbocycles. The van der Waals surface area contributed by atoms with Crippen molar-refractivity contribution in [2.45, 2.75) is 26.2 Å². The van der Waals surface area contributed by atoms with E-state index in [1.807, 2.05) is 6.92 Å². The fourth-order valence-corrected chi connectivity index (χ4v) is 1.20. The van der Waals surface area contributed by atoms with E-state index in [0.717, 1.165) is 6.42 Å². The van der Waals surface area contributed by atoms with Crippen LogP contribution in [0, 0.1) is 5.92 Å². The van der Waals surface area contributed by atoms with E-state index in [2.05, 4.69) is 20.4 Å². The van der Waals surface area contributed by atoms with Crippen LogP contribution in [0.25, 0.3) is 0 Å². The number of hydrogen-bond acceptors (Lipinski definition) is 7. The van der Waals surface area contributed by atoms with Gasteiger partial charge in [0.05, 0.1) is 13.2 Å². The van der Waals surface area contributed by atoms with Crippen LogP contribution in [-0.4, -0.2) is 28.2 Å². The number of ether oxygens (including phenoxy) is 2. The Bertz CT molecular complexity index is 370. The van der Waals surface area contributed by atoms with Gasteiger partial charge >= 0.3 is 12.0 Å². The number of hydrogen-bond donors (Lipinski definition) is 2. The Morgan fingerprint density at radius 1 is 1.24 bits per heavy atom. The Hall–Kier alpha value is -1.63. The fourth-order valence-electron chi connectivity index (χ4n) is 1.20. The molecular weight excluding hydrogens is 222 g/mol. The van der Waals surface area contributed by atoms with Crippen molar-refractivity contribution in [3.05, 3.63) is 0 Å². The summed E-state index contributed by atoms with van der Waals surface area (Å²) in [7, 11) is 0. The molecule has 2 rings (SSSR count). The topological polar surface area (TPSA) is 95.2 Å². The summed E-state index contributed by atoms with van der Waals surface area (Å²) in [5, 5.41) is 0. The molecule has 17 heavy (non-hydrogen) atoms. The van der Waals surface area contributed by atoms with Crippen LogP contribution in [0.15, 0.2) is 0 Å². The predicted molar refractivity (Wildman–Crippen MR) is 61.6 cm³/mol. The summed E-state index contributed by atoms with van der Waals surface area (Å²) >= 11 is 0. The number of rotatable bonds is 7. The minimum absolute atomic E-state index is 0.237. The van der Waals surface area contributed by atoms with Crippen molar-refractivity contribution in [2.24, 2.45) is 11.8 Å². The van der Waals surface area contributed by atoms with Crippen LogP contribution in [0.1, 0.15) is 26.2 Å². The van der Waals surface area contributed by atoms with Crippen LogP contribution < -0.4 is 20.7 Å². The van der Waals surface area contributed by atoms with Crippen LogP contribution in [0.4, 0.5) is 5.95 Å². The summed E-state index contributed by atoms with van der Waals surface area (Å²) in [6.07, 6.45) is 3.31. The molecule has 0 saturated heterocycles. The summed E-state index contributed by atoms with van der Waals surface area (Å²) in [4.78, 5) is 12.0. The number of nitrogens with one attached hydrogen (secondary N) is 1. The van der Waals surface area contributed by atoms with Crippen LogP contribution in [0.2, 0.25) is 0 Å². The van der Waals surface area contributed by atoms with E-state index < -0.39 is 0 Å². The van der Waals surface area contributed by atoms with Crippen LogP contribution in [-0.2, 0) is 0 Å². The molecule has 1 heterocycles. The minimum Gasteiger partial charge on any atom is -0.463 e. The molecular formula is C10H17N5O2. The molecule has 0 bridgehead atoms. The van der Waals surface area contributed by atoms with Gasteiger partial charge in [-0.05, 0) is 25.2 Å². The Labute approximate surface area is 99.7 Å². The third-order valence-electron chi connectivity index (χ3n) is 2.30. The van der Waals surface area contributed by atoms with E-state index in [0.29, 0.717) is 19.1 Å². The number of hydrazine groups is 1. The molecule has 1 aliphatic carbocycles. The second-order valence-corrected chi connectivity index (χ2v) is 3.97. The summed E-state index contributed by atoms with van der Waals surface area (Å²) < 4.78 is 10.8. The molecule has 0 spiro atoms. The molecule has 1 saturated carbocycles. The molecule has 1 aromatic heterocycles. The van der Waals surface area contributed by atoms with E-state index in [4.69, 9.17) is 15.3 Å². The highest BCUT2D eigenvalue weighted by Crippen LogP contribution is 2.29. The van der Waals surface area contributed by atoms with Gasteiger partial charge in [0, 0.05) is 0 Å². The molecule has 7 heteroatoms. The maximum Gasteiger partial charge on any atom is 0.324 e. The largest absolute Gasteiger partial charge is 0.463 e. The zero-order valence-corrected chi connectivity index (χ0v) is 9.85. The molecule has 7 nitrogen and oxygen atoms in total. The van der Waals surface area contributed by atoms with Gasteiger partial charge in [0.15, 0.2) is 0 Å². The number of anilines is 1. The average molecular weight is 239 g/mol. The van der Waals surface area contributed by atoms with Crippen LogP contribution in [0.3, 0.4) is 0 Å². The van der Waals surface area contributed by atoms with Gasteiger partial charge in [0.2, 0.25) is 5.95 Å². The molecule has 0 atom stereocenters. The Balaban J connectivity index is 2.00. The maximum absolute atomic E-state index is 5.46. The van der Waals surface area contributed by atoms with Gasteiger partial charge in [0.1, 0.15) is 0 Å². The third-order valence-corrected chi connectivity index (χ3v) is 2.30. The quantitative estimate of drug-likeness (QED) is 0.535. The number of aromatic nitrogens is 3. The Kier molecular flexibility index (Phi) is 3.92. The summed E-state index contributed by atoms with van der Waals surface area (Å²) in [6.45, 7) is 3.20. The first kappa shape index (κ1) is 11.8. The highest BCUT2D eigenvalue weighted by atomic mass is 16.5. The fraction of sp³-hybridized carbons (Fsp3) is 0.700. The van der Waals surface area contributed by atoms with E-state index in [-0.39, 0.29) is 18.0 Å². The molecule has 1 fully saturated rings. The van der Waals surface area contributed by atoms with Gasteiger partial charge in [-0.2, -0.15) is 9.97 Å². The second-order valence-electron chi connectivity index (χ2n) is 3.97. The van der Waals surface area contributed by atoms with E-state index in [1.54, 1.807) is 0 Å². The second kappa shape index (κ2) is 5.62. The monoisotopic (exact) mass is 239 g/mol. The van der Waals surface area contributed by atoms with Crippen molar-refractivity contribution < 1.29 is 9.47 Å². The van der Waals surface area contributed by atoms with E-state index >= 15 is 0 Å². The molecule has 0 radical (unpaired) electrons. The number of nitrogens with two attached hydrogens (primary N) is 1. The lowest BCUT2D eigenvalue weighted by Gasteiger charge is -2.07. The van der Waals surface area contributed by atoms with Crippen molar-refractivity contribution in [1.29, 1.82) is 0 Å². The summed E-state index contributed by atoms with van der Waals surface area (Å²) in [6, 6.07) is 0.492. The molecule has 0 aliphatic heterocycles. The molecule has 3 N–H and O–H groups in total. The third kappa shape index (κ3) is 3.70. The molecule has 94 valence electrons. The Morgan fingerprint density at radius 3 is 2.53 bits per heavy atom. The van der Waals surface area contributed by atoms with Crippen molar-refractivity contribution >= 4 is 5.95 Å². The normalized spacial score (nSPS) is 14.5. The number of nitrogens with zero attached hydrogens (tertiary/aromatic N) is 3. The maximum atomic E-state index is 5.46. The summed E-state index contributed by atoms with van der Waals surface area (Å²) in [5.74, 6) is 6.16. The zero-order valence-electron chi connectivity index (χ0n) is 9.85. The van der Waals surface area contributed by atoms with Gasteiger partial charge in [-0.3, -0.25) is 5.43 Å². The highest BCUT2D eigenvalue weighted by molar-refractivity contribution is 5.25. The SMILES string of the molecule is CCCOc1nc(NN)nc(OCC2CC2)n1. The molecule has 0 amide bonds. The first-order valence-electron chi connectivity index (χ1n) is 5.80. The predicted octanol–water partition coefficient (Wildman–Crippen LogP) is 0.735. The summed E-state index contributed by atoms with van der Waals surface area (Å²) in [5.41, 5.74) is 2.37. The average Bonchev–Trinajstić information content (AvgIpc) is 3.17. The molecule has 1 aliphatic rings. The first-order valence-corrected chi connectivity index (χ1v) is 5.80. The Morgan fingerprint density at radius 2 is 1.94 bits per heavy atom. The lowest BCUT2D eigenvalue weighted by molar-refractivity contribution is 0.254. The van der Waals surface area contributed by atoms with Crippen LogP contribution >= 0.6 is 0 Å². The van der Waals surface area contributed by atoms with Gasteiger partial charge in [-0.15, -0.1) is 4.98 Å². The van der Waals surface area contributed by atoms with Crippen molar-refractivity contribution in [1.82, 2.24) is 15.0 Å². The first-order chi connectivity index (χ1) is 8.31. The van der Waals surface area contributed by atoms with Crippen molar-refractivity contribution in [2.75, 3.05) is 18.6 Å². The minimum atomic E-state index is 0.237. The smallest absolute Gasteiger partial charge is 0.324 e. The van der Waals surface area contributed by atoms with E-state index in [1.165, 1.54) is 12.8 Å². The lowest BCUT2D eigenvalue weighted by Crippen LogP contribution is -2.14. The standard InChI is InChI=1S/C10H17N5O2/c1-2-5-16-9-12-8(15-11)13-10(14-9)17-6-7-3-4-7/h7H,2-6,11H2,1H3,(H,12,13,14,15). The van der Waals surface area contributed by atoms with Gasteiger partial charge in [0.25, 0.3) is 0 Å². The number of nitrogen functional groups attached to an aromatic ring is 1. The van der Waals surface area contributed by atoms with Gasteiger partial charge < -0.3 is 9.47 Å². The van der Waals surface area contributed by atoms with Crippen LogP contribution in [0.5, 0.6) is 12.0 Å². The van der Waals surface area contributed by atoms with Crippen molar-refractivity contribution in [3.63, 3.8) is 0 Å². The van der Waals surface area contributed by atoms with E-state index in [9.17, 15) is 0 Å². The van der Waals surface area contributed by atoms with Gasteiger partial charge in [-0.25, -0.2) is 5.84 Å². The highest BCUT2D eigenvalue weighted by Gasteiger charge is 2.22. The molecule has 1 aromatic rings. The lowest BCUT2D eigenvalue weighted by atomic mass is 10.5. The van der Waals surface area contributed by atoms with Gasteiger partial charge in [-0.1, -0.05) is 6.92 Å².